The van der Waals surface area contributed by atoms with Crippen LogP contribution in [0.1, 0.15) is 17.0 Å². The second kappa shape index (κ2) is 6.36. The van der Waals surface area contributed by atoms with Gasteiger partial charge in [-0.2, -0.15) is 0 Å². The number of halogens is 1. The van der Waals surface area contributed by atoms with Gasteiger partial charge in [0.1, 0.15) is 6.61 Å². The minimum Gasteiger partial charge on any atom is -0.453 e. The van der Waals surface area contributed by atoms with Crippen LogP contribution in [0.25, 0.3) is 11.1 Å². The van der Waals surface area contributed by atoms with E-state index in [1.54, 1.807) is 0 Å². The molecule has 1 aliphatic rings. The maximum absolute atomic E-state index is 11.1. The summed E-state index contributed by atoms with van der Waals surface area (Å²) >= 11 is 5.40. The van der Waals surface area contributed by atoms with Crippen molar-refractivity contribution in [2.75, 3.05) is 44.6 Å². The molecule has 0 bridgehead atoms. The van der Waals surface area contributed by atoms with Crippen molar-refractivity contribution in [3.8, 4) is 11.1 Å². The first-order valence-electron chi connectivity index (χ1n) is 7.83. The molecule has 2 aromatic rings. The highest BCUT2D eigenvalue weighted by Gasteiger charge is 2.30. The normalized spacial score (nSPS) is 12.5. The molecule has 2 aromatic carbocycles. The number of hydrogen-bond donors (Lipinski definition) is 0. The molecule has 0 saturated heterocycles. The number of benzene rings is 2. The topological polar surface area (TPSA) is 32.8 Å². The van der Waals surface area contributed by atoms with E-state index in [2.05, 4.69) is 46.2 Å². The van der Waals surface area contributed by atoms with E-state index in [4.69, 9.17) is 16.3 Å². The summed E-state index contributed by atoms with van der Waals surface area (Å²) in [4.78, 5) is 15.2. The van der Waals surface area contributed by atoms with Crippen LogP contribution >= 0.6 is 11.6 Å². The van der Waals surface area contributed by atoms with Crippen LogP contribution in [0.5, 0.6) is 0 Å². The van der Waals surface area contributed by atoms with Gasteiger partial charge in [0.2, 0.25) is 0 Å². The quantitative estimate of drug-likeness (QED) is 0.774. The van der Waals surface area contributed by atoms with E-state index in [0.29, 0.717) is 0 Å². The van der Waals surface area contributed by atoms with Crippen molar-refractivity contribution in [2.24, 2.45) is 0 Å². The molecule has 0 amide bonds. The van der Waals surface area contributed by atoms with E-state index in [1.165, 1.54) is 22.3 Å². The second-order valence-electron chi connectivity index (χ2n) is 6.43. The Bertz CT molecular complexity index is 729. The third-order valence-electron chi connectivity index (χ3n) is 4.51. The summed E-state index contributed by atoms with van der Waals surface area (Å²) in [5, 5.41) is 0. The van der Waals surface area contributed by atoms with Crippen LogP contribution in [0.4, 0.5) is 16.2 Å². The van der Waals surface area contributed by atoms with Crippen molar-refractivity contribution in [1.82, 2.24) is 0 Å². The van der Waals surface area contributed by atoms with Crippen molar-refractivity contribution < 1.29 is 9.53 Å². The number of carbonyl (C=O) groups excluding carboxylic acids is 1. The summed E-state index contributed by atoms with van der Waals surface area (Å²) < 4.78 is 5.14. The average Bonchev–Trinajstić information content (AvgIpc) is 2.84. The SMILES string of the molecule is CN(C)c1ccc2c(c1)C(COC(=O)Cl)c1cc(N(C)C)ccc1-2. The van der Waals surface area contributed by atoms with E-state index in [1.807, 2.05) is 28.2 Å². The van der Waals surface area contributed by atoms with E-state index >= 15 is 0 Å². The third kappa shape index (κ3) is 2.94. The Hall–Kier alpha value is -2.20. The van der Waals surface area contributed by atoms with Gasteiger partial charge in [-0.05, 0) is 46.5 Å². The lowest BCUT2D eigenvalue weighted by Crippen LogP contribution is -2.12. The summed E-state index contributed by atoms with van der Waals surface area (Å²) in [7, 11) is 8.06. The second-order valence-corrected chi connectivity index (χ2v) is 6.74. The van der Waals surface area contributed by atoms with Crippen molar-refractivity contribution in [1.29, 1.82) is 0 Å². The lowest BCUT2D eigenvalue weighted by atomic mass is 9.97. The average molecular weight is 345 g/mol. The Morgan fingerprint density at radius 2 is 1.42 bits per heavy atom. The minimum absolute atomic E-state index is 0.00231. The molecule has 0 saturated carbocycles. The van der Waals surface area contributed by atoms with Gasteiger partial charge in [0, 0.05) is 57.1 Å². The Kier molecular flexibility index (Phi) is 4.41. The van der Waals surface area contributed by atoms with E-state index in [9.17, 15) is 4.79 Å². The summed E-state index contributed by atoms with van der Waals surface area (Å²) in [6.45, 7) is 0.246. The molecule has 5 heteroatoms. The number of carbonyl (C=O) groups is 1. The highest BCUT2D eigenvalue weighted by Crippen LogP contribution is 2.47. The molecule has 126 valence electrons. The molecule has 4 nitrogen and oxygen atoms in total. The predicted octanol–water partition coefficient (Wildman–Crippen LogP) is 4.31. The standard InChI is InChI=1S/C19H21ClN2O2/c1-21(2)12-5-7-14-15-8-6-13(22(3)4)10-17(15)18(16(14)9-12)11-24-19(20)23/h5-10,18H,11H2,1-4H3. The number of rotatable bonds is 4. The van der Waals surface area contributed by atoms with Gasteiger partial charge < -0.3 is 14.5 Å². The van der Waals surface area contributed by atoms with Crippen molar-refractivity contribution in [3.63, 3.8) is 0 Å². The van der Waals surface area contributed by atoms with Gasteiger partial charge in [0.25, 0.3) is 0 Å². The molecule has 0 atom stereocenters. The van der Waals surface area contributed by atoms with E-state index in [0.717, 1.165) is 11.4 Å². The molecule has 0 unspecified atom stereocenters. The van der Waals surface area contributed by atoms with E-state index < -0.39 is 5.43 Å². The van der Waals surface area contributed by atoms with Crippen LogP contribution in [0.15, 0.2) is 36.4 Å². The lowest BCUT2D eigenvalue weighted by Gasteiger charge is -2.18. The van der Waals surface area contributed by atoms with Crippen molar-refractivity contribution >= 4 is 28.4 Å². The zero-order chi connectivity index (χ0) is 17.4. The van der Waals surface area contributed by atoms with Crippen LogP contribution in [0.2, 0.25) is 0 Å². The molecule has 24 heavy (non-hydrogen) atoms. The number of fused-ring (bicyclic) bond motifs is 3. The van der Waals surface area contributed by atoms with Crippen LogP contribution in [-0.4, -0.2) is 40.2 Å². The van der Waals surface area contributed by atoms with Crippen LogP contribution in [0, 0.1) is 0 Å². The highest BCUT2D eigenvalue weighted by molar-refractivity contribution is 6.61. The van der Waals surface area contributed by atoms with E-state index in [-0.39, 0.29) is 12.5 Å². The van der Waals surface area contributed by atoms with Gasteiger partial charge in [-0.15, -0.1) is 0 Å². The smallest absolute Gasteiger partial charge is 0.403 e. The fourth-order valence-corrected chi connectivity index (χ4v) is 3.28. The third-order valence-corrected chi connectivity index (χ3v) is 4.62. The Balaban J connectivity index is 2.11. The summed E-state index contributed by atoms with van der Waals surface area (Å²) in [6, 6.07) is 12.8. The minimum atomic E-state index is -0.766. The van der Waals surface area contributed by atoms with Gasteiger partial charge in [-0.3, -0.25) is 0 Å². The monoisotopic (exact) mass is 344 g/mol. The first kappa shape index (κ1) is 16.7. The van der Waals surface area contributed by atoms with Gasteiger partial charge in [0.05, 0.1) is 0 Å². The van der Waals surface area contributed by atoms with Gasteiger partial charge in [-0.1, -0.05) is 12.1 Å². The maximum atomic E-state index is 11.1. The first-order valence-corrected chi connectivity index (χ1v) is 8.21. The summed E-state index contributed by atoms with van der Waals surface area (Å²) in [6.07, 6.45) is 0. The number of hydrogen-bond acceptors (Lipinski definition) is 4. The number of anilines is 2. The molecule has 0 heterocycles. The fourth-order valence-electron chi connectivity index (χ4n) is 3.22. The highest BCUT2D eigenvalue weighted by atomic mass is 35.5. The zero-order valence-electron chi connectivity index (χ0n) is 14.3. The predicted molar refractivity (Wildman–Crippen MR) is 99.6 cm³/mol. The molecule has 0 fully saturated rings. The van der Waals surface area contributed by atoms with Gasteiger partial charge >= 0.3 is 5.43 Å². The molecule has 1 aliphatic carbocycles. The molecule has 0 spiro atoms. The number of nitrogens with zero attached hydrogens (tertiary/aromatic N) is 2. The van der Waals surface area contributed by atoms with Crippen LogP contribution < -0.4 is 9.80 Å². The van der Waals surface area contributed by atoms with Gasteiger partial charge in [-0.25, -0.2) is 4.79 Å². The number of ether oxygens (including phenoxy) is 1. The maximum Gasteiger partial charge on any atom is 0.403 e. The molecular formula is C19H21ClN2O2. The first-order chi connectivity index (χ1) is 11.4. The zero-order valence-corrected chi connectivity index (χ0v) is 15.1. The molecule has 0 aliphatic heterocycles. The largest absolute Gasteiger partial charge is 0.453 e. The Labute approximate surface area is 147 Å². The molecule has 3 rings (SSSR count). The fraction of sp³-hybridized carbons (Fsp3) is 0.316. The Morgan fingerprint density at radius 3 is 1.79 bits per heavy atom. The molecule has 0 aromatic heterocycles. The lowest BCUT2D eigenvalue weighted by molar-refractivity contribution is 0.170. The summed E-state index contributed by atoms with van der Waals surface area (Å²) in [5.74, 6) is -0.00231. The Morgan fingerprint density at radius 1 is 0.958 bits per heavy atom. The molecule has 0 radical (unpaired) electrons. The van der Waals surface area contributed by atoms with Crippen LogP contribution in [0.3, 0.4) is 0 Å². The molecular weight excluding hydrogens is 324 g/mol. The van der Waals surface area contributed by atoms with Crippen molar-refractivity contribution in [2.45, 2.75) is 5.92 Å². The van der Waals surface area contributed by atoms with Crippen LogP contribution in [-0.2, 0) is 4.74 Å². The molecule has 0 N–H and O–H groups in total. The summed E-state index contributed by atoms with van der Waals surface area (Å²) in [5.41, 5.74) is 6.20. The van der Waals surface area contributed by atoms with Gasteiger partial charge in [0.15, 0.2) is 0 Å². The van der Waals surface area contributed by atoms with Crippen molar-refractivity contribution in [3.05, 3.63) is 47.5 Å².